The SMILES string of the molecule is CC.CC.CC.CC.CC.CC.CC.CC.CC.CC.CC.CC.CC.O=c1[nH]c2ccccc2o1.O=c1ccc2ccccc2o1.c1ccc2[nH]ncc2c1.c1ccc2c(c1)CCC2.c1ccc2c(c1)CCO2.c1ccc2c(c1)CN=N2.c1ccc2c(c1)NCN2.c1ccc2c(c1)NCO2.c1ccc2c(c1)OCO2.c1ccc2ncccc2c1.c1ccc2occc2c1.c1ccc2ocnc2c1.c1ccc2scnc2c1. The summed E-state index contributed by atoms with van der Waals surface area (Å²) in [5.74, 6) is 3.31. The Morgan fingerprint density at radius 1 is 0.320 bits per heavy atom. The Balaban J connectivity index is 0.000000781. The molecule has 0 atom stereocenters. The molecule has 6 aliphatic rings. The van der Waals surface area contributed by atoms with Gasteiger partial charge < -0.3 is 52.6 Å². The zero-order valence-corrected chi connectivity index (χ0v) is 92.7. The number of nitrogens with one attached hydrogen (secondary N) is 5. The van der Waals surface area contributed by atoms with Crippen LogP contribution < -0.4 is 46.3 Å². The van der Waals surface area contributed by atoms with Gasteiger partial charge in [0.2, 0.25) is 6.79 Å². The molecule has 784 valence electrons. The van der Waals surface area contributed by atoms with E-state index < -0.39 is 5.76 Å². The van der Waals surface area contributed by atoms with Crippen LogP contribution in [0.15, 0.2) is 414 Å². The number of hydrogen-bond donors (Lipinski definition) is 5. The van der Waals surface area contributed by atoms with Crippen LogP contribution in [0.3, 0.4) is 0 Å². The molecule has 5 N–H and O–H groups in total. The molecule has 0 radical (unpaired) electrons. The van der Waals surface area contributed by atoms with E-state index in [4.69, 9.17) is 36.6 Å². The largest absolute Gasteiger partial charge is 0.493 e. The molecule has 0 spiro atoms. The number of ether oxygens (including phenoxy) is 4. The van der Waals surface area contributed by atoms with Gasteiger partial charge in [-0.3, -0.25) is 15.1 Å². The zero-order chi connectivity index (χ0) is 109. The van der Waals surface area contributed by atoms with Crippen molar-refractivity contribution in [1.82, 2.24) is 30.1 Å². The number of aryl methyl sites for hydroxylation is 2. The highest BCUT2D eigenvalue weighted by Crippen LogP contribution is 2.32. The first kappa shape index (κ1) is 129. The predicted octanol–water partition coefficient (Wildman–Crippen LogP) is 37.0. The maximum absolute atomic E-state index is 10.7. The Kier molecular flexibility index (Phi) is 75.5. The number of aromatic amines is 2. The lowest BCUT2D eigenvalue weighted by atomic mass is 10.1. The van der Waals surface area contributed by atoms with Gasteiger partial charge in [0.1, 0.15) is 28.2 Å². The lowest BCUT2D eigenvalue weighted by Crippen LogP contribution is -1.98. The van der Waals surface area contributed by atoms with E-state index in [1.807, 2.05) is 447 Å². The van der Waals surface area contributed by atoms with Crippen molar-refractivity contribution in [1.29, 1.82) is 0 Å². The Hall–Kier alpha value is -15.7. The molecule has 5 aliphatic heterocycles. The van der Waals surface area contributed by atoms with E-state index in [0.717, 1.165) is 116 Å². The number of fused-ring (bicyclic) bond motifs is 13. The fourth-order valence-corrected chi connectivity index (χ4v) is 13.4. The molecule has 22 heteroatoms. The third-order valence-electron chi connectivity index (χ3n) is 18.7. The Bertz CT molecular complexity index is 5840. The number of oxazole rings is 2. The van der Waals surface area contributed by atoms with Gasteiger partial charge in [-0.05, 0) is 163 Å². The van der Waals surface area contributed by atoms with Gasteiger partial charge in [-0.15, -0.1) is 11.3 Å². The summed E-state index contributed by atoms with van der Waals surface area (Å²) < 4.78 is 41.7. The van der Waals surface area contributed by atoms with Crippen LogP contribution in [0, 0.1) is 0 Å². The van der Waals surface area contributed by atoms with Crippen molar-refractivity contribution in [2.45, 2.75) is 212 Å². The van der Waals surface area contributed by atoms with Crippen molar-refractivity contribution in [2.75, 3.05) is 42.7 Å². The number of thiazole rings is 1. The number of rotatable bonds is 0. The van der Waals surface area contributed by atoms with E-state index in [1.54, 1.807) is 53.0 Å². The number of anilines is 3. The summed E-state index contributed by atoms with van der Waals surface area (Å²) in [5, 5.41) is 28.5. The molecule has 0 bridgehead atoms. The van der Waals surface area contributed by atoms with Crippen molar-refractivity contribution in [2.24, 2.45) is 10.2 Å². The number of hydrogen-bond acceptors (Lipinski definition) is 20. The highest BCUT2D eigenvalue weighted by atomic mass is 32.1. The topological polar surface area (TPSA) is 268 Å². The number of aromatic nitrogens is 6. The van der Waals surface area contributed by atoms with E-state index in [9.17, 15) is 9.59 Å². The molecule has 1 aliphatic carbocycles. The monoisotopic (exact) mass is 2010 g/mol. The fourth-order valence-electron chi connectivity index (χ4n) is 12.7. The van der Waals surface area contributed by atoms with Gasteiger partial charge >= 0.3 is 11.4 Å². The maximum atomic E-state index is 10.7. The van der Waals surface area contributed by atoms with Crippen LogP contribution in [0.2, 0.25) is 0 Å². The number of azo groups is 1. The van der Waals surface area contributed by atoms with E-state index in [0.29, 0.717) is 24.7 Å². The van der Waals surface area contributed by atoms with Gasteiger partial charge in [-0.1, -0.05) is 392 Å². The van der Waals surface area contributed by atoms with Crippen LogP contribution >= 0.6 is 11.3 Å². The van der Waals surface area contributed by atoms with Gasteiger partial charge in [0, 0.05) is 45.8 Å². The molecule has 147 heavy (non-hydrogen) atoms. The molecular weight excluding hydrogens is 1850 g/mol. The lowest BCUT2D eigenvalue weighted by Gasteiger charge is -1.93. The summed E-state index contributed by atoms with van der Waals surface area (Å²) >= 11 is 1.68. The number of para-hydroxylation sites is 16. The van der Waals surface area contributed by atoms with Gasteiger partial charge in [0.25, 0.3) is 0 Å². The summed E-state index contributed by atoms with van der Waals surface area (Å²) in [6.07, 6.45) is 11.8. The van der Waals surface area contributed by atoms with Crippen molar-refractivity contribution in [3.63, 3.8) is 0 Å². The summed E-state index contributed by atoms with van der Waals surface area (Å²) in [7, 11) is 0. The van der Waals surface area contributed by atoms with Gasteiger partial charge in [-0.2, -0.15) is 15.3 Å². The van der Waals surface area contributed by atoms with Gasteiger partial charge in [-0.25, -0.2) is 19.6 Å². The standard InChI is InChI=1S/C9H7N.C9H6O2.C9H10.C8H8O.C8H6O.C7H8N2.2C7H6N2.C7H5NO2.C7H7NO.C7H5NO.C7H5NS.C7H6O2.13C2H6/c1-2-6-9-8(4-1)5-3-7-10-9;10-9-6-5-7-3-1-2-4-8(7)11-9;1-2-5-9-7-3-6-8(9)4-1;2*1-2-4-8-7(3-1)5-6-9-8;1-2-4-7-6(3-1)8-5-9-7;2*1-2-4-7-6(3-1)5-8-9-7;9-7-8-5-3-1-2-4-6(5)10-7;4*1-2-4-7-6(3-1)8-5-9-7;13*1-2/h1-7H;1-6H;1-2,4-5H,3,6-7H2;1-4H,5-6H2;1-6H;1-4,8-9H,5H2;1-4H,5H2;1-5H,(H,8,9);1-4H,(H,8,9);1-4,8H,5H2;2*1-5H;1-4H,5H2;13*1-2H3. The van der Waals surface area contributed by atoms with Crippen molar-refractivity contribution in [3.8, 4) is 23.0 Å². The van der Waals surface area contributed by atoms with Gasteiger partial charge in [0.15, 0.2) is 35.8 Å². The third kappa shape index (κ3) is 48.1. The Morgan fingerprint density at radius 3 is 1.35 bits per heavy atom. The van der Waals surface area contributed by atoms with Gasteiger partial charge in [0.05, 0.1) is 87.3 Å². The van der Waals surface area contributed by atoms with Crippen LogP contribution in [0.1, 0.15) is 209 Å². The minimum absolute atomic E-state index is 0.302. The number of furan rings is 1. The zero-order valence-electron chi connectivity index (χ0n) is 91.8. The number of pyridine rings is 1. The molecule has 26 rings (SSSR count). The predicted molar refractivity (Wildman–Crippen MR) is 630 cm³/mol. The summed E-state index contributed by atoms with van der Waals surface area (Å²) in [6.45, 7) is 55.5. The number of nitrogens with zero attached hydrogens (tertiary/aromatic N) is 6. The molecule has 0 saturated heterocycles. The molecule has 0 unspecified atom stereocenters. The van der Waals surface area contributed by atoms with E-state index in [2.05, 4.69) is 123 Å². The molecule has 7 aromatic heterocycles. The Morgan fingerprint density at radius 2 is 0.789 bits per heavy atom. The van der Waals surface area contributed by atoms with E-state index >= 15 is 0 Å². The molecule has 0 fully saturated rings. The molecule has 0 saturated carbocycles. The smallest absolute Gasteiger partial charge is 0.417 e. The van der Waals surface area contributed by atoms with Crippen molar-refractivity contribution in [3.05, 3.63) is 420 Å². The van der Waals surface area contributed by atoms with E-state index in [1.165, 1.54) is 64.3 Å². The summed E-state index contributed by atoms with van der Waals surface area (Å²) in [6, 6.07) is 112. The maximum Gasteiger partial charge on any atom is 0.417 e. The molecular formula is C125H163N11O10S. The normalized spacial score (nSPS) is 10.4. The number of benzene rings is 13. The van der Waals surface area contributed by atoms with E-state index in [-0.39, 0.29) is 5.63 Å². The first-order valence-corrected chi connectivity index (χ1v) is 53.1. The minimum Gasteiger partial charge on any atom is -0.493 e. The van der Waals surface area contributed by atoms with Crippen LogP contribution in [0.4, 0.5) is 22.7 Å². The van der Waals surface area contributed by atoms with Crippen LogP contribution in [-0.4, -0.2) is 56.9 Å². The van der Waals surface area contributed by atoms with Crippen molar-refractivity contribution >= 4 is 110 Å². The second-order valence-electron chi connectivity index (χ2n) is 26.8. The Labute approximate surface area is 879 Å². The molecule has 20 aromatic rings. The molecule has 21 nitrogen and oxygen atoms in total. The first-order chi connectivity index (χ1) is 72.8. The third-order valence-corrected chi connectivity index (χ3v) is 19.5. The van der Waals surface area contributed by atoms with Crippen LogP contribution in [0.5, 0.6) is 23.0 Å². The lowest BCUT2D eigenvalue weighted by molar-refractivity contribution is 0.174. The van der Waals surface area contributed by atoms with Crippen LogP contribution in [0.25, 0.3) is 76.2 Å². The summed E-state index contributed by atoms with van der Waals surface area (Å²) in [4.78, 5) is 36.1. The molecule has 0 amide bonds. The molecule has 13 aromatic carbocycles. The quantitative estimate of drug-likeness (QED) is 0.0883. The highest BCUT2D eigenvalue weighted by Gasteiger charge is 2.13. The summed E-state index contributed by atoms with van der Waals surface area (Å²) in [5.41, 5.74) is 19.8. The van der Waals surface area contributed by atoms with Crippen LogP contribution in [-0.2, 0) is 25.8 Å². The average molecular weight is 2010 g/mol. The average Bonchev–Trinajstić information content (AvgIpc) is 1.75. The highest BCUT2D eigenvalue weighted by molar-refractivity contribution is 7.16. The fraction of sp³-hybridized carbons (Fsp3) is 0.280. The minimum atomic E-state index is -0.402. The second kappa shape index (κ2) is 85.9. The molecule has 12 heterocycles. The number of H-pyrrole nitrogens is 2. The van der Waals surface area contributed by atoms with Crippen molar-refractivity contribution < 1.29 is 36.6 Å². The first-order valence-electron chi connectivity index (χ1n) is 52.2. The second-order valence-corrected chi connectivity index (χ2v) is 27.7.